The Morgan fingerprint density at radius 3 is 2.71 bits per heavy atom. The molecule has 2 N–H and O–H groups in total. The summed E-state index contributed by atoms with van der Waals surface area (Å²) in [5, 5.41) is 4.40. The first-order chi connectivity index (χ1) is 16.4. The van der Waals surface area contributed by atoms with Gasteiger partial charge in [-0.1, -0.05) is 6.07 Å². The minimum absolute atomic E-state index is 0.0463. The lowest BCUT2D eigenvalue weighted by atomic mass is 10.1. The van der Waals surface area contributed by atoms with Gasteiger partial charge < -0.3 is 5.32 Å². The monoisotopic (exact) mass is 533 g/mol. The van der Waals surface area contributed by atoms with Crippen LogP contribution in [0.4, 0.5) is 33.5 Å². The number of sulfonamides is 1. The van der Waals surface area contributed by atoms with Crippen LogP contribution in [0.1, 0.15) is 23.4 Å². The smallest absolute Gasteiger partial charge is 0.381 e. The SMILES string of the molecule is Cc1c(N[C@H]2CCN(Cc3cccc(C(F)(F)F)n3)C2)cc(F)c(S(=O)(=O)Nc2cscn2)c1F. The predicted octanol–water partition coefficient (Wildman–Crippen LogP) is 4.63. The van der Waals surface area contributed by atoms with E-state index < -0.39 is 38.4 Å². The zero-order valence-electron chi connectivity index (χ0n) is 18.2. The van der Waals surface area contributed by atoms with Gasteiger partial charge in [0.25, 0.3) is 10.0 Å². The number of hydrogen-bond acceptors (Lipinski definition) is 7. The molecule has 1 aliphatic rings. The van der Waals surface area contributed by atoms with Crippen LogP contribution in [-0.4, -0.2) is 42.4 Å². The Kier molecular flexibility index (Phi) is 6.97. The molecule has 0 saturated carbocycles. The first-order valence-electron chi connectivity index (χ1n) is 10.4. The number of alkyl halides is 3. The molecule has 3 heterocycles. The van der Waals surface area contributed by atoms with Crippen LogP contribution in [0.15, 0.2) is 40.1 Å². The Bertz CT molecular complexity index is 1320. The first kappa shape index (κ1) is 25.3. The lowest BCUT2D eigenvalue weighted by molar-refractivity contribution is -0.141. The molecule has 0 unspecified atom stereocenters. The van der Waals surface area contributed by atoms with Gasteiger partial charge in [-0.05, 0) is 31.5 Å². The van der Waals surface area contributed by atoms with Gasteiger partial charge in [0.1, 0.15) is 11.5 Å². The summed E-state index contributed by atoms with van der Waals surface area (Å²) in [6.07, 6.45) is -3.97. The summed E-state index contributed by atoms with van der Waals surface area (Å²) in [7, 11) is -4.55. The van der Waals surface area contributed by atoms with E-state index in [-0.39, 0.29) is 35.3 Å². The third kappa shape index (κ3) is 5.70. The Hall–Kier alpha value is -2.84. The molecule has 0 aliphatic carbocycles. The summed E-state index contributed by atoms with van der Waals surface area (Å²) in [4.78, 5) is 8.19. The van der Waals surface area contributed by atoms with E-state index >= 15 is 0 Å². The van der Waals surface area contributed by atoms with Crippen molar-refractivity contribution in [3.63, 3.8) is 0 Å². The molecule has 1 fully saturated rings. The lowest BCUT2D eigenvalue weighted by Crippen LogP contribution is -2.27. The molecule has 3 aromatic rings. The number of benzene rings is 1. The third-order valence-corrected chi connectivity index (χ3v) is 7.45. The molecule has 1 aromatic carbocycles. The second-order valence-electron chi connectivity index (χ2n) is 8.03. The van der Waals surface area contributed by atoms with E-state index in [1.54, 1.807) is 0 Å². The number of likely N-dealkylation sites (tertiary alicyclic amines) is 1. The number of pyridine rings is 1. The number of aromatic nitrogens is 2. The van der Waals surface area contributed by atoms with Gasteiger partial charge in [-0.15, -0.1) is 11.3 Å². The fourth-order valence-electron chi connectivity index (χ4n) is 3.81. The maximum absolute atomic E-state index is 15.0. The Morgan fingerprint density at radius 2 is 2.03 bits per heavy atom. The third-order valence-electron chi connectivity index (χ3n) is 5.48. The zero-order valence-corrected chi connectivity index (χ0v) is 19.9. The average molecular weight is 534 g/mol. The Balaban J connectivity index is 1.46. The van der Waals surface area contributed by atoms with Crippen LogP contribution in [0.5, 0.6) is 0 Å². The van der Waals surface area contributed by atoms with Crippen molar-refractivity contribution < 1.29 is 30.4 Å². The molecular weight excluding hydrogens is 513 g/mol. The number of halogens is 5. The molecule has 0 amide bonds. The number of anilines is 2. The number of nitrogens with zero attached hydrogens (tertiary/aromatic N) is 3. The van der Waals surface area contributed by atoms with E-state index in [9.17, 15) is 30.4 Å². The minimum atomic E-state index is -4.55. The average Bonchev–Trinajstić information content (AvgIpc) is 3.43. The molecule has 0 spiro atoms. The van der Waals surface area contributed by atoms with Crippen molar-refractivity contribution in [2.75, 3.05) is 23.1 Å². The highest BCUT2D eigenvalue weighted by Crippen LogP contribution is 2.31. The van der Waals surface area contributed by atoms with Crippen molar-refractivity contribution in [3.8, 4) is 0 Å². The van der Waals surface area contributed by atoms with Gasteiger partial charge >= 0.3 is 6.18 Å². The molecular formula is C21H20F5N5O2S2. The number of thiazole rings is 1. The number of hydrogen-bond donors (Lipinski definition) is 2. The highest BCUT2D eigenvalue weighted by molar-refractivity contribution is 7.92. The first-order valence-corrected chi connectivity index (χ1v) is 12.8. The quantitative estimate of drug-likeness (QED) is 0.431. The van der Waals surface area contributed by atoms with Gasteiger partial charge in [-0.25, -0.2) is 27.2 Å². The van der Waals surface area contributed by atoms with Crippen molar-refractivity contribution in [2.45, 2.75) is 37.0 Å². The highest BCUT2D eigenvalue weighted by Gasteiger charge is 2.33. The topological polar surface area (TPSA) is 87.2 Å². The van der Waals surface area contributed by atoms with E-state index in [0.29, 0.717) is 19.5 Å². The largest absolute Gasteiger partial charge is 0.433 e. The Morgan fingerprint density at radius 1 is 1.26 bits per heavy atom. The van der Waals surface area contributed by atoms with Crippen LogP contribution in [-0.2, 0) is 22.7 Å². The van der Waals surface area contributed by atoms with Gasteiger partial charge in [0, 0.05) is 42.3 Å². The fraction of sp³-hybridized carbons (Fsp3) is 0.333. The van der Waals surface area contributed by atoms with Crippen LogP contribution in [0.25, 0.3) is 0 Å². The maximum Gasteiger partial charge on any atom is 0.433 e. The number of nitrogens with one attached hydrogen (secondary N) is 2. The second-order valence-corrected chi connectivity index (χ2v) is 10.4. The van der Waals surface area contributed by atoms with Gasteiger partial charge in [0.2, 0.25) is 0 Å². The maximum atomic E-state index is 15.0. The van der Waals surface area contributed by atoms with Crippen molar-refractivity contribution >= 4 is 32.9 Å². The van der Waals surface area contributed by atoms with E-state index in [1.807, 2.05) is 9.62 Å². The molecule has 1 atom stereocenters. The van der Waals surface area contributed by atoms with Crippen LogP contribution in [0.2, 0.25) is 0 Å². The number of rotatable bonds is 7. The highest BCUT2D eigenvalue weighted by atomic mass is 32.2. The van der Waals surface area contributed by atoms with E-state index in [2.05, 4.69) is 15.3 Å². The summed E-state index contributed by atoms with van der Waals surface area (Å²) in [6, 6.07) is 4.37. The molecule has 2 aromatic heterocycles. The normalized spacial score (nSPS) is 17.0. The molecule has 0 radical (unpaired) electrons. The summed E-state index contributed by atoms with van der Waals surface area (Å²) in [6.45, 7) is 2.44. The van der Waals surface area contributed by atoms with Crippen LogP contribution < -0.4 is 10.0 Å². The molecule has 7 nitrogen and oxygen atoms in total. The summed E-state index contributed by atoms with van der Waals surface area (Å²) in [5.74, 6) is -2.53. The van der Waals surface area contributed by atoms with Crippen LogP contribution >= 0.6 is 11.3 Å². The van der Waals surface area contributed by atoms with Crippen molar-refractivity contribution in [3.05, 3.63) is 63.7 Å². The van der Waals surface area contributed by atoms with Crippen molar-refractivity contribution in [1.29, 1.82) is 0 Å². The van der Waals surface area contributed by atoms with Gasteiger partial charge in [-0.2, -0.15) is 13.2 Å². The molecule has 4 rings (SSSR count). The van der Waals surface area contributed by atoms with Gasteiger partial charge in [0.05, 0.1) is 11.2 Å². The summed E-state index contributed by atoms with van der Waals surface area (Å²) < 4.78 is 95.5. The fourth-order valence-corrected chi connectivity index (χ4v) is 5.56. The molecule has 188 valence electrons. The van der Waals surface area contributed by atoms with Crippen LogP contribution in [0.3, 0.4) is 0 Å². The lowest BCUT2D eigenvalue weighted by Gasteiger charge is -2.20. The van der Waals surface area contributed by atoms with E-state index in [4.69, 9.17) is 0 Å². The van der Waals surface area contributed by atoms with Crippen molar-refractivity contribution in [1.82, 2.24) is 14.9 Å². The van der Waals surface area contributed by atoms with Crippen LogP contribution in [0, 0.1) is 18.6 Å². The van der Waals surface area contributed by atoms with E-state index in [1.165, 1.54) is 29.9 Å². The standard InChI is InChI=1S/C21H20F5N5O2S2/c1-12-16(7-15(22)20(19(12)23)35(32,33)30-18-10-34-11-27-18)28-14-5-6-31(9-14)8-13-3-2-4-17(29-13)21(24,25)26/h2-4,7,10-11,14,28,30H,5-6,8-9H2,1H3/t14-/m0/s1. The van der Waals surface area contributed by atoms with Gasteiger partial charge in [0.15, 0.2) is 16.5 Å². The van der Waals surface area contributed by atoms with Crippen molar-refractivity contribution in [2.24, 2.45) is 0 Å². The second kappa shape index (κ2) is 9.66. The molecule has 35 heavy (non-hydrogen) atoms. The molecule has 0 bridgehead atoms. The Labute approximate surface area is 202 Å². The molecule has 14 heteroatoms. The minimum Gasteiger partial charge on any atom is -0.381 e. The summed E-state index contributed by atoms with van der Waals surface area (Å²) in [5.41, 5.74) is 0.678. The summed E-state index contributed by atoms with van der Waals surface area (Å²) >= 11 is 1.12. The van der Waals surface area contributed by atoms with Gasteiger partial charge in [-0.3, -0.25) is 9.62 Å². The molecule has 1 saturated heterocycles. The van der Waals surface area contributed by atoms with E-state index in [0.717, 1.165) is 23.5 Å². The zero-order chi connectivity index (χ0) is 25.4. The predicted molar refractivity (Wildman–Crippen MR) is 121 cm³/mol. The molecule has 1 aliphatic heterocycles.